The molecular formula is C28H46O. The monoisotopic (exact) mass is 398 g/mol. The Morgan fingerprint density at radius 1 is 0.759 bits per heavy atom. The van der Waals surface area contributed by atoms with E-state index in [0.717, 1.165) is 41.4 Å². The third-order valence-electron chi connectivity index (χ3n) is 8.97. The minimum atomic E-state index is 0. The van der Waals surface area contributed by atoms with Crippen molar-refractivity contribution >= 4 is 0 Å². The maximum atomic E-state index is 9.46. The average Bonchev–Trinajstić information content (AvgIpc) is 2.73. The summed E-state index contributed by atoms with van der Waals surface area (Å²) in [6.45, 7) is 4.85. The van der Waals surface area contributed by atoms with Crippen molar-refractivity contribution in [2.75, 3.05) is 0 Å². The van der Waals surface area contributed by atoms with Gasteiger partial charge in [-0.3, -0.25) is 0 Å². The lowest BCUT2D eigenvalue weighted by molar-refractivity contribution is 0.0555. The fourth-order valence-corrected chi connectivity index (χ4v) is 7.03. The molecule has 0 radical (unpaired) electrons. The number of aromatic hydroxyl groups is 1. The lowest BCUT2D eigenvalue weighted by Crippen LogP contribution is -2.35. The Bertz CT molecular complexity index is 595. The van der Waals surface area contributed by atoms with E-state index >= 15 is 0 Å². The third kappa shape index (κ3) is 5.80. The predicted octanol–water partition coefficient (Wildman–Crippen LogP) is 8.26. The zero-order chi connectivity index (χ0) is 19.5. The molecule has 3 aliphatic carbocycles. The van der Waals surface area contributed by atoms with Gasteiger partial charge in [-0.2, -0.15) is 0 Å². The highest BCUT2D eigenvalue weighted by Crippen LogP contribution is 2.50. The van der Waals surface area contributed by atoms with Crippen LogP contribution in [0.1, 0.15) is 97.5 Å². The van der Waals surface area contributed by atoms with Gasteiger partial charge in [0.25, 0.3) is 0 Å². The Kier molecular flexibility index (Phi) is 8.11. The molecule has 0 amide bonds. The first-order valence-electron chi connectivity index (χ1n) is 12.4. The largest absolute Gasteiger partial charge is 0.508 e. The van der Waals surface area contributed by atoms with Crippen LogP contribution in [0.15, 0.2) is 24.3 Å². The highest BCUT2D eigenvalue weighted by atomic mass is 16.3. The van der Waals surface area contributed by atoms with Gasteiger partial charge in [0, 0.05) is 0 Å². The van der Waals surface area contributed by atoms with Gasteiger partial charge < -0.3 is 5.11 Å². The van der Waals surface area contributed by atoms with Crippen LogP contribution in [-0.2, 0) is 6.42 Å². The molecule has 0 bridgehead atoms. The van der Waals surface area contributed by atoms with Gasteiger partial charge in [-0.25, -0.2) is 0 Å². The van der Waals surface area contributed by atoms with Crippen LogP contribution in [-0.4, -0.2) is 5.11 Å². The van der Waals surface area contributed by atoms with E-state index in [-0.39, 0.29) is 7.43 Å². The summed E-state index contributed by atoms with van der Waals surface area (Å²) < 4.78 is 0. The highest BCUT2D eigenvalue weighted by molar-refractivity contribution is 5.25. The Morgan fingerprint density at radius 3 is 1.97 bits per heavy atom. The predicted molar refractivity (Wildman–Crippen MR) is 125 cm³/mol. The minimum absolute atomic E-state index is 0. The van der Waals surface area contributed by atoms with Crippen LogP contribution in [0, 0.1) is 41.4 Å². The number of fused-ring (bicyclic) bond motifs is 1. The van der Waals surface area contributed by atoms with Gasteiger partial charge >= 0.3 is 0 Å². The molecule has 0 aliphatic heterocycles. The second kappa shape index (κ2) is 10.4. The second-order valence-corrected chi connectivity index (χ2v) is 10.9. The van der Waals surface area contributed by atoms with E-state index in [1.54, 1.807) is 6.42 Å². The van der Waals surface area contributed by atoms with E-state index in [9.17, 15) is 5.11 Å². The van der Waals surface area contributed by atoms with E-state index in [0.29, 0.717) is 5.75 Å². The number of benzene rings is 1. The zero-order valence-electron chi connectivity index (χ0n) is 18.3. The molecule has 4 atom stereocenters. The summed E-state index contributed by atoms with van der Waals surface area (Å²) in [4.78, 5) is 0. The van der Waals surface area contributed by atoms with Gasteiger partial charge in [0.2, 0.25) is 0 Å². The summed E-state index contributed by atoms with van der Waals surface area (Å²) in [5.74, 6) is 7.43. The topological polar surface area (TPSA) is 20.2 Å². The zero-order valence-corrected chi connectivity index (χ0v) is 18.3. The van der Waals surface area contributed by atoms with Gasteiger partial charge in [-0.05, 0) is 130 Å². The van der Waals surface area contributed by atoms with E-state index in [2.05, 4.69) is 26.0 Å². The molecule has 1 heteroatoms. The molecule has 0 aromatic heterocycles. The molecule has 1 N–H and O–H groups in total. The van der Waals surface area contributed by atoms with E-state index < -0.39 is 0 Å². The van der Waals surface area contributed by atoms with Crippen LogP contribution < -0.4 is 0 Å². The van der Waals surface area contributed by atoms with Crippen molar-refractivity contribution in [2.45, 2.75) is 98.3 Å². The first-order valence-corrected chi connectivity index (χ1v) is 12.4. The SMILES string of the molecule is C.CC(C)C1CCC(C2CCC3CC(CCc4ccc(O)cc4)CCC3C2)CC1. The van der Waals surface area contributed by atoms with Crippen molar-refractivity contribution in [2.24, 2.45) is 41.4 Å². The lowest BCUT2D eigenvalue weighted by atomic mass is 9.60. The maximum absolute atomic E-state index is 9.46. The van der Waals surface area contributed by atoms with Gasteiger partial charge in [-0.1, -0.05) is 39.8 Å². The highest BCUT2D eigenvalue weighted by Gasteiger charge is 2.38. The molecule has 0 saturated heterocycles. The third-order valence-corrected chi connectivity index (χ3v) is 8.97. The molecule has 0 heterocycles. The van der Waals surface area contributed by atoms with Gasteiger partial charge in [-0.15, -0.1) is 0 Å². The molecular weight excluding hydrogens is 352 g/mol. The first kappa shape index (κ1) is 22.7. The Balaban J connectivity index is 0.00000240. The smallest absolute Gasteiger partial charge is 0.115 e. The Hall–Kier alpha value is -0.980. The summed E-state index contributed by atoms with van der Waals surface area (Å²) in [5, 5.41) is 9.46. The van der Waals surface area contributed by atoms with E-state index in [4.69, 9.17) is 0 Å². The number of phenols is 1. The van der Waals surface area contributed by atoms with Gasteiger partial charge in [0.1, 0.15) is 5.75 Å². The van der Waals surface area contributed by atoms with Crippen LogP contribution >= 0.6 is 0 Å². The normalized spacial score (nSPS) is 35.0. The summed E-state index contributed by atoms with van der Waals surface area (Å²) >= 11 is 0. The van der Waals surface area contributed by atoms with Crippen molar-refractivity contribution in [3.8, 4) is 5.75 Å². The van der Waals surface area contributed by atoms with Crippen molar-refractivity contribution in [3.05, 3.63) is 29.8 Å². The Labute approximate surface area is 180 Å². The van der Waals surface area contributed by atoms with Crippen molar-refractivity contribution in [3.63, 3.8) is 0 Å². The number of hydrogen-bond donors (Lipinski definition) is 1. The fourth-order valence-electron chi connectivity index (χ4n) is 7.03. The summed E-state index contributed by atoms with van der Waals surface area (Å²) in [6, 6.07) is 7.87. The van der Waals surface area contributed by atoms with Gasteiger partial charge in [0.15, 0.2) is 0 Å². The van der Waals surface area contributed by atoms with Crippen LogP contribution in [0.2, 0.25) is 0 Å². The number of aryl methyl sites for hydroxylation is 1. The summed E-state index contributed by atoms with van der Waals surface area (Å²) in [6.07, 6.45) is 17.7. The molecule has 164 valence electrons. The number of hydrogen-bond acceptors (Lipinski definition) is 1. The lowest BCUT2D eigenvalue weighted by Gasteiger charge is -2.45. The van der Waals surface area contributed by atoms with Crippen LogP contribution in [0.5, 0.6) is 5.75 Å². The van der Waals surface area contributed by atoms with Crippen molar-refractivity contribution < 1.29 is 5.11 Å². The first-order chi connectivity index (χ1) is 13.6. The average molecular weight is 399 g/mol. The molecule has 1 aromatic rings. The van der Waals surface area contributed by atoms with E-state index in [1.165, 1.54) is 76.2 Å². The molecule has 4 unspecified atom stereocenters. The Morgan fingerprint density at radius 2 is 1.31 bits per heavy atom. The molecule has 0 spiro atoms. The number of phenolic OH excluding ortho intramolecular Hbond substituents is 1. The molecule has 1 aromatic carbocycles. The molecule has 4 rings (SSSR count). The fraction of sp³-hybridized carbons (Fsp3) is 0.786. The maximum Gasteiger partial charge on any atom is 0.115 e. The standard InChI is InChI=1S/C27H42O.CH4/c1-19(2)22-9-11-23(12-10-22)25-14-13-24-17-21(5-8-26(24)18-25)4-3-20-6-15-27(28)16-7-20;/h6-7,15-16,19,21-26,28H,3-5,8-14,17-18H2,1-2H3;1H4. The van der Waals surface area contributed by atoms with Gasteiger partial charge in [0.05, 0.1) is 0 Å². The summed E-state index contributed by atoms with van der Waals surface area (Å²) in [5.41, 5.74) is 1.39. The molecule has 3 saturated carbocycles. The van der Waals surface area contributed by atoms with E-state index in [1.807, 2.05) is 12.1 Å². The second-order valence-electron chi connectivity index (χ2n) is 10.9. The number of rotatable bonds is 5. The quantitative estimate of drug-likeness (QED) is 0.529. The minimum Gasteiger partial charge on any atom is -0.508 e. The van der Waals surface area contributed by atoms with Crippen LogP contribution in [0.3, 0.4) is 0 Å². The van der Waals surface area contributed by atoms with Crippen molar-refractivity contribution in [1.29, 1.82) is 0 Å². The van der Waals surface area contributed by atoms with Crippen LogP contribution in [0.4, 0.5) is 0 Å². The molecule has 3 fully saturated rings. The molecule has 29 heavy (non-hydrogen) atoms. The molecule has 3 aliphatic rings. The van der Waals surface area contributed by atoms with Crippen molar-refractivity contribution in [1.82, 2.24) is 0 Å². The van der Waals surface area contributed by atoms with Crippen LogP contribution in [0.25, 0.3) is 0 Å². The molecule has 1 nitrogen and oxygen atoms in total. The summed E-state index contributed by atoms with van der Waals surface area (Å²) in [7, 11) is 0.